The number of nitrogens with zero attached hydrogens (tertiary/aromatic N) is 1. The molecule has 1 aliphatic heterocycles. The minimum atomic E-state index is -3.82. The Morgan fingerprint density at radius 2 is 1.68 bits per heavy atom. The molecule has 0 radical (unpaired) electrons. The van der Waals surface area contributed by atoms with Gasteiger partial charge in [0.1, 0.15) is 0 Å². The van der Waals surface area contributed by atoms with Crippen LogP contribution in [-0.2, 0) is 14.8 Å². The van der Waals surface area contributed by atoms with Gasteiger partial charge in [-0.05, 0) is 36.4 Å². The molecule has 1 amide bonds. The molecule has 1 N–H and O–H groups in total. The Hall–Kier alpha value is -2.09. The first-order valence-electron chi connectivity index (χ1n) is 7.72. The number of para-hydroxylation sites is 1. The van der Waals surface area contributed by atoms with Gasteiger partial charge in [-0.25, -0.2) is 8.42 Å². The lowest BCUT2D eigenvalue weighted by atomic mass is 10.1. The predicted octanol–water partition coefficient (Wildman–Crippen LogP) is 2.61. The van der Waals surface area contributed by atoms with Gasteiger partial charge in [0.2, 0.25) is 0 Å². The molecule has 1 aliphatic rings. The predicted molar refractivity (Wildman–Crippen MR) is 95.4 cm³/mol. The highest BCUT2D eigenvalue weighted by molar-refractivity contribution is 7.92. The fraction of sp³-hybridized carbons (Fsp3) is 0.235. The molecular weight excluding hydrogens is 364 g/mol. The van der Waals surface area contributed by atoms with E-state index >= 15 is 0 Å². The van der Waals surface area contributed by atoms with Crippen LogP contribution in [0.25, 0.3) is 0 Å². The van der Waals surface area contributed by atoms with Crippen LogP contribution in [0, 0.1) is 0 Å². The average Bonchev–Trinajstić information content (AvgIpc) is 2.62. The molecule has 1 fully saturated rings. The Balaban J connectivity index is 1.88. The van der Waals surface area contributed by atoms with Crippen LogP contribution in [0.1, 0.15) is 10.4 Å². The van der Waals surface area contributed by atoms with Gasteiger partial charge in [-0.1, -0.05) is 23.7 Å². The summed E-state index contributed by atoms with van der Waals surface area (Å²) in [6.07, 6.45) is 0. The molecule has 2 aromatic carbocycles. The number of benzene rings is 2. The fourth-order valence-corrected chi connectivity index (χ4v) is 3.72. The van der Waals surface area contributed by atoms with Crippen molar-refractivity contribution in [3.8, 4) is 0 Å². The Morgan fingerprint density at radius 1 is 1.04 bits per heavy atom. The largest absolute Gasteiger partial charge is 0.378 e. The third-order valence-corrected chi connectivity index (χ3v) is 5.46. The summed E-state index contributed by atoms with van der Waals surface area (Å²) in [4.78, 5) is 14.4. The molecule has 25 heavy (non-hydrogen) atoms. The number of halogens is 1. The number of ether oxygens (including phenoxy) is 1. The molecule has 0 aliphatic carbocycles. The van der Waals surface area contributed by atoms with E-state index in [1.54, 1.807) is 29.2 Å². The lowest BCUT2D eigenvalue weighted by Gasteiger charge is -2.27. The number of nitrogens with one attached hydrogen (secondary N) is 1. The first-order chi connectivity index (χ1) is 12.0. The number of sulfonamides is 1. The van der Waals surface area contributed by atoms with Gasteiger partial charge in [0.15, 0.2) is 0 Å². The molecule has 0 unspecified atom stereocenters. The van der Waals surface area contributed by atoms with Crippen molar-refractivity contribution in [2.24, 2.45) is 0 Å². The summed E-state index contributed by atoms with van der Waals surface area (Å²) in [5.74, 6) is -0.224. The molecule has 1 saturated heterocycles. The average molecular weight is 381 g/mol. The third-order valence-electron chi connectivity index (χ3n) is 3.82. The highest BCUT2D eigenvalue weighted by atomic mass is 35.5. The third kappa shape index (κ3) is 4.12. The van der Waals surface area contributed by atoms with E-state index in [2.05, 4.69) is 4.72 Å². The van der Waals surface area contributed by atoms with Crippen LogP contribution < -0.4 is 4.72 Å². The van der Waals surface area contributed by atoms with Gasteiger partial charge in [-0.15, -0.1) is 0 Å². The summed E-state index contributed by atoms with van der Waals surface area (Å²) in [6, 6.07) is 12.4. The maximum atomic E-state index is 12.7. The summed E-state index contributed by atoms with van der Waals surface area (Å²) in [5.41, 5.74) is 0.552. The number of anilines is 1. The first-order valence-corrected chi connectivity index (χ1v) is 9.58. The van der Waals surface area contributed by atoms with Gasteiger partial charge < -0.3 is 9.64 Å². The molecular formula is C17H17ClN2O4S. The number of carbonyl (C=O) groups is 1. The molecule has 3 rings (SSSR count). The molecule has 0 atom stereocenters. The Labute approximate surface area is 151 Å². The van der Waals surface area contributed by atoms with Crippen LogP contribution in [0.2, 0.25) is 5.02 Å². The summed E-state index contributed by atoms with van der Waals surface area (Å²) >= 11 is 5.80. The van der Waals surface area contributed by atoms with E-state index in [4.69, 9.17) is 16.3 Å². The van der Waals surface area contributed by atoms with Crippen LogP contribution in [-0.4, -0.2) is 45.5 Å². The quantitative estimate of drug-likeness (QED) is 0.884. The van der Waals surface area contributed by atoms with Crippen molar-refractivity contribution in [1.29, 1.82) is 0 Å². The van der Waals surface area contributed by atoms with Gasteiger partial charge in [0.05, 0.1) is 29.4 Å². The molecule has 132 valence electrons. The second-order valence-corrected chi connectivity index (χ2v) is 7.63. The molecule has 6 nitrogen and oxygen atoms in total. The SMILES string of the molecule is O=C(c1ccccc1NS(=O)(=O)c1ccc(Cl)cc1)N1CCOCC1. The van der Waals surface area contributed by atoms with Crippen molar-refractivity contribution in [2.75, 3.05) is 31.0 Å². The highest BCUT2D eigenvalue weighted by Crippen LogP contribution is 2.23. The number of rotatable bonds is 4. The monoisotopic (exact) mass is 380 g/mol. The summed E-state index contributed by atoms with van der Waals surface area (Å²) in [5, 5.41) is 0.446. The summed E-state index contributed by atoms with van der Waals surface area (Å²) < 4.78 is 32.9. The van der Waals surface area contributed by atoms with Gasteiger partial charge >= 0.3 is 0 Å². The number of morpholine rings is 1. The lowest BCUT2D eigenvalue weighted by molar-refractivity contribution is 0.0303. The van der Waals surface area contributed by atoms with Gasteiger partial charge in [-0.2, -0.15) is 0 Å². The lowest BCUT2D eigenvalue weighted by Crippen LogP contribution is -2.41. The maximum Gasteiger partial charge on any atom is 0.261 e. The molecule has 0 spiro atoms. The molecule has 1 heterocycles. The molecule has 2 aromatic rings. The second-order valence-electron chi connectivity index (χ2n) is 5.51. The van der Waals surface area contributed by atoms with E-state index in [0.717, 1.165) is 0 Å². The highest BCUT2D eigenvalue weighted by Gasteiger charge is 2.23. The number of carbonyl (C=O) groups excluding carboxylic acids is 1. The fourth-order valence-electron chi connectivity index (χ4n) is 2.51. The van der Waals surface area contributed by atoms with E-state index in [1.807, 2.05) is 0 Å². The van der Waals surface area contributed by atoms with Gasteiger partial charge in [0, 0.05) is 18.1 Å². The smallest absolute Gasteiger partial charge is 0.261 e. The van der Waals surface area contributed by atoms with Crippen molar-refractivity contribution < 1.29 is 17.9 Å². The van der Waals surface area contributed by atoms with Crippen molar-refractivity contribution in [1.82, 2.24) is 4.90 Å². The summed E-state index contributed by atoms with van der Waals surface area (Å²) in [6.45, 7) is 1.92. The Kier molecular flexibility index (Phi) is 5.27. The second kappa shape index (κ2) is 7.43. The minimum Gasteiger partial charge on any atom is -0.378 e. The molecule has 0 bridgehead atoms. The van der Waals surface area contributed by atoms with Crippen LogP contribution >= 0.6 is 11.6 Å². The van der Waals surface area contributed by atoms with E-state index in [0.29, 0.717) is 36.9 Å². The minimum absolute atomic E-state index is 0.0746. The van der Waals surface area contributed by atoms with E-state index in [9.17, 15) is 13.2 Å². The zero-order valence-corrected chi connectivity index (χ0v) is 14.9. The van der Waals surface area contributed by atoms with Crippen molar-refractivity contribution >= 4 is 33.2 Å². The van der Waals surface area contributed by atoms with Crippen molar-refractivity contribution in [3.63, 3.8) is 0 Å². The van der Waals surface area contributed by atoms with Gasteiger partial charge in [0.25, 0.3) is 15.9 Å². The zero-order chi connectivity index (χ0) is 17.9. The first kappa shape index (κ1) is 17.7. The van der Waals surface area contributed by atoms with Crippen LogP contribution in [0.15, 0.2) is 53.4 Å². The van der Waals surface area contributed by atoms with E-state index in [1.165, 1.54) is 24.3 Å². The normalized spacial score (nSPS) is 15.0. The molecule has 0 saturated carbocycles. The van der Waals surface area contributed by atoms with E-state index in [-0.39, 0.29) is 16.5 Å². The summed E-state index contributed by atoms with van der Waals surface area (Å²) in [7, 11) is -3.82. The topological polar surface area (TPSA) is 75.7 Å². The van der Waals surface area contributed by atoms with Crippen LogP contribution in [0.4, 0.5) is 5.69 Å². The Morgan fingerprint density at radius 3 is 2.36 bits per heavy atom. The molecule has 0 aromatic heterocycles. The number of amides is 1. The Bertz CT molecular complexity index is 862. The maximum absolute atomic E-state index is 12.7. The van der Waals surface area contributed by atoms with Gasteiger partial charge in [-0.3, -0.25) is 9.52 Å². The van der Waals surface area contributed by atoms with Crippen LogP contribution in [0.3, 0.4) is 0 Å². The van der Waals surface area contributed by atoms with Crippen molar-refractivity contribution in [2.45, 2.75) is 4.90 Å². The van der Waals surface area contributed by atoms with Crippen LogP contribution in [0.5, 0.6) is 0 Å². The number of hydrogen-bond donors (Lipinski definition) is 1. The molecule has 8 heteroatoms. The standard InChI is InChI=1S/C17H17ClN2O4S/c18-13-5-7-14(8-6-13)25(22,23)19-16-4-2-1-3-15(16)17(21)20-9-11-24-12-10-20/h1-8,19H,9-12H2. The zero-order valence-electron chi connectivity index (χ0n) is 13.3. The van der Waals surface area contributed by atoms with Crippen molar-refractivity contribution in [3.05, 3.63) is 59.1 Å². The number of hydrogen-bond acceptors (Lipinski definition) is 4. The van der Waals surface area contributed by atoms with E-state index < -0.39 is 10.0 Å².